The Morgan fingerprint density at radius 3 is 2.45 bits per heavy atom. The van der Waals surface area contributed by atoms with E-state index in [9.17, 15) is 17.6 Å². The number of hydrogen-bond acceptors (Lipinski definition) is 4. The highest BCUT2D eigenvalue weighted by Crippen LogP contribution is 2.24. The SMILES string of the molecule is CC(C)N(C)S(=O)(=O)c1ccc(Cl)c(C(=O)N(C)CCOc2ccccc2F)c1. The molecule has 0 saturated heterocycles. The molecule has 2 aromatic rings. The van der Waals surface area contributed by atoms with Gasteiger partial charge in [0.15, 0.2) is 11.6 Å². The van der Waals surface area contributed by atoms with E-state index in [4.69, 9.17) is 16.3 Å². The highest BCUT2D eigenvalue weighted by Gasteiger charge is 2.25. The molecule has 9 heteroatoms. The lowest BCUT2D eigenvalue weighted by Crippen LogP contribution is -2.34. The summed E-state index contributed by atoms with van der Waals surface area (Å²) in [4.78, 5) is 14.1. The molecule has 158 valence electrons. The Balaban J connectivity index is 2.14. The molecule has 0 aliphatic rings. The van der Waals surface area contributed by atoms with Crippen LogP contribution in [0.2, 0.25) is 5.02 Å². The van der Waals surface area contributed by atoms with Crippen LogP contribution >= 0.6 is 11.6 Å². The second-order valence-corrected chi connectivity index (χ2v) is 9.17. The van der Waals surface area contributed by atoms with E-state index in [1.54, 1.807) is 26.0 Å². The molecule has 0 spiro atoms. The number of halogens is 2. The van der Waals surface area contributed by atoms with Gasteiger partial charge in [-0.25, -0.2) is 12.8 Å². The number of para-hydroxylation sites is 1. The van der Waals surface area contributed by atoms with Crippen molar-refractivity contribution in [2.75, 3.05) is 27.2 Å². The molecule has 0 aliphatic heterocycles. The van der Waals surface area contributed by atoms with E-state index in [0.717, 1.165) is 0 Å². The average molecular weight is 443 g/mol. The van der Waals surface area contributed by atoms with Crippen molar-refractivity contribution < 1.29 is 22.3 Å². The molecule has 0 fully saturated rings. The predicted octanol–water partition coefficient (Wildman–Crippen LogP) is 3.66. The van der Waals surface area contributed by atoms with Crippen molar-refractivity contribution in [2.45, 2.75) is 24.8 Å². The zero-order chi connectivity index (χ0) is 21.8. The zero-order valence-electron chi connectivity index (χ0n) is 16.7. The molecule has 0 aromatic heterocycles. The fourth-order valence-electron chi connectivity index (χ4n) is 2.43. The lowest BCUT2D eigenvalue weighted by molar-refractivity contribution is 0.0773. The number of ether oxygens (including phenoxy) is 1. The molecule has 0 atom stereocenters. The number of carbonyl (C=O) groups is 1. The summed E-state index contributed by atoms with van der Waals surface area (Å²) in [6, 6.07) is 9.76. The molecule has 0 bridgehead atoms. The fourth-order valence-corrected chi connectivity index (χ4v) is 4.03. The van der Waals surface area contributed by atoms with Crippen LogP contribution in [0, 0.1) is 5.82 Å². The number of sulfonamides is 1. The van der Waals surface area contributed by atoms with E-state index in [1.807, 2.05) is 0 Å². The van der Waals surface area contributed by atoms with E-state index in [-0.39, 0.29) is 40.4 Å². The Kier molecular flexibility index (Phi) is 7.62. The summed E-state index contributed by atoms with van der Waals surface area (Å²) in [6.45, 7) is 3.73. The minimum Gasteiger partial charge on any atom is -0.489 e. The van der Waals surface area contributed by atoms with Crippen molar-refractivity contribution in [2.24, 2.45) is 0 Å². The lowest BCUT2D eigenvalue weighted by Gasteiger charge is -2.22. The van der Waals surface area contributed by atoms with Gasteiger partial charge in [0, 0.05) is 20.1 Å². The minimum atomic E-state index is -3.76. The Morgan fingerprint density at radius 2 is 1.83 bits per heavy atom. The number of amides is 1. The van der Waals surface area contributed by atoms with Gasteiger partial charge in [0.25, 0.3) is 5.91 Å². The predicted molar refractivity (Wildman–Crippen MR) is 110 cm³/mol. The number of likely N-dealkylation sites (N-methyl/N-ethyl adjacent to an activating group) is 1. The molecule has 0 radical (unpaired) electrons. The van der Waals surface area contributed by atoms with E-state index >= 15 is 0 Å². The standard InChI is InChI=1S/C20H24ClFN2O4S/c1-14(2)24(4)29(26,27)15-9-10-17(21)16(13-15)20(25)23(3)11-12-28-19-8-6-5-7-18(19)22/h5-10,13-14H,11-12H2,1-4H3. The van der Waals surface area contributed by atoms with Gasteiger partial charge in [-0.05, 0) is 44.2 Å². The Morgan fingerprint density at radius 1 is 1.17 bits per heavy atom. The molecule has 29 heavy (non-hydrogen) atoms. The van der Waals surface area contributed by atoms with Gasteiger partial charge in [-0.1, -0.05) is 23.7 Å². The Hall–Kier alpha value is -2.16. The van der Waals surface area contributed by atoms with Gasteiger partial charge in [-0.2, -0.15) is 4.31 Å². The third-order valence-electron chi connectivity index (χ3n) is 4.44. The fraction of sp³-hybridized carbons (Fsp3) is 0.350. The quantitative estimate of drug-likeness (QED) is 0.625. The van der Waals surface area contributed by atoms with E-state index < -0.39 is 21.7 Å². The van der Waals surface area contributed by atoms with Gasteiger partial charge in [0.1, 0.15) is 6.61 Å². The van der Waals surface area contributed by atoms with Crippen LogP contribution in [0.5, 0.6) is 5.75 Å². The van der Waals surface area contributed by atoms with Gasteiger partial charge in [-0.15, -0.1) is 0 Å². The second-order valence-electron chi connectivity index (χ2n) is 6.76. The summed E-state index contributed by atoms with van der Waals surface area (Å²) in [5, 5.41) is 0.142. The van der Waals surface area contributed by atoms with Crippen LogP contribution in [0.4, 0.5) is 4.39 Å². The first kappa shape index (κ1) is 23.1. The summed E-state index contributed by atoms with van der Waals surface area (Å²) in [5.41, 5.74) is 0.0679. The van der Waals surface area contributed by atoms with Crippen LogP contribution in [0.3, 0.4) is 0 Å². The molecule has 0 aliphatic carbocycles. The topological polar surface area (TPSA) is 66.9 Å². The van der Waals surface area contributed by atoms with Crippen LogP contribution in [-0.2, 0) is 10.0 Å². The van der Waals surface area contributed by atoms with Crippen LogP contribution in [-0.4, -0.2) is 56.8 Å². The smallest absolute Gasteiger partial charge is 0.255 e. The van der Waals surface area contributed by atoms with E-state index in [0.29, 0.717) is 0 Å². The number of nitrogens with zero attached hydrogens (tertiary/aromatic N) is 2. The third kappa shape index (κ3) is 5.46. The van der Waals surface area contributed by atoms with Crippen molar-refractivity contribution >= 4 is 27.5 Å². The van der Waals surface area contributed by atoms with Crippen molar-refractivity contribution in [3.63, 3.8) is 0 Å². The lowest BCUT2D eigenvalue weighted by atomic mass is 10.2. The molecular weight excluding hydrogens is 419 g/mol. The van der Waals surface area contributed by atoms with E-state index in [1.165, 1.54) is 53.6 Å². The van der Waals surface area contributed by atoms with Crippen LogP contribution in [0.15, 0.2) is 47.4 Å². The molecule has 0 heterocycles. The maximum atomic E-state index is 13.6. The van der Waals surface area contributed by atoms with Crippen LogP contribution < -0.4 is 4.74 Å². The molecule has 1 amide bonds. The van der Waals surface area contributed by atoms with Crippen molar-refractivity contribution in [1.82, 2.24) is 9.21 Å². The highest BCUT2D eigenvalue weighted by atomic mass is 35.5. The summed E-state index contributed by atoms with van der Waals surface area (Å²) in [6.07, 6.45) is 0. The first-order chi connectivity index (χ1) is 13.6. The Labute approximate surface area is 175 Å². The number of hydrogen-bond donors (Lipinski definition) is 0. The van der Waals surface area contributed by atoms with Crippen LogP contribution in [0.1, 0.15) is 24.2 Å². The average Bonchev–Trinajstić information content (AvgIpc) is 2.68. The van der Waals surface area contributed by atoms with Gasteiger partial charge in [0.2, 0.25) is 10.0 Å². The highest BCUT2D eigenvalue weighted by molar-refractivity contribution is 7.89. The first-order valence-electron chi connectivity index (χ1n) is 8.96. The molecule has 0 unspecified atom stereocenters. The van der Waals surface area contributed by atoms with Crippen LogP contribution in [0.25, 0.3) is 0 Å². The molecule has 6 nitrogen and oxygen atoms in total. The number of rotatable bonds is 8. The maximum absolute atomic E-state index is 13.6. The van der Waals surface area contributed by atoms with Crippen molar-refractivity contribution in [1.29, 1.82) is 0 Å². The first-order valence-corrected chi connectivity index (χ1v) is 10.8. The van der Waals surface area contributed by atoms with Gasteiger partial charge in [0.05, 0.1) is 22.0 Å². The summed E-state index contributed by atoms with van der Waals surface area (Å²) < 4.78 is 45.5. The number of carbonyl (C=O) groups excluding carboxylic acids is 1. The summed E-state index contributed by atoms with van der Waals surface area (Å²) >= 11 is 6.14. The Bertz CT molecular complexity index is 982. The largest absolute Gasteiger partial charge is 0.489 e. The van der Waals surface area contributed by atoms with Gasteiger partial charge >= 0.3 is 0 Å². The normalized spacial score (nSPS) is 11.7. The third-order valence-corrected chi connectivity index (χ3v) is 6.80. The number of benzene rings is 2. The van der Waals surface area contributed by atoms with Crippen molar-refractivity contribution in [3.8, 4) is 5.75 Å². The molecule has 2 aromatic carbocycles. The zero-order valence-corrected chi connectivity index (χ0v) is 18.3. The summed E-state index contributed by atoms with van der Waals surface area (Å²) in [5.74, 6) is -0.857. The maximum Gasteiger partial charge on any atom is 0.255 e. The second kappa shape index (κ2) is 9.56. The molecule has 2 rings (SSSR count). The molecule has 0 saturated carbocycles. The molecular formula is C20H24ClFN2O4S. The van der Waals surface area contributed by atoms with Gasteiger partial charge in [-0.3, -0.25) is 4.79 Å². The summed E-state index contributed by atoms with van der Waals surface area (Å²) in [7, 11) is -0.750. The van der Waals surface area contributed by atoms with E-state index in [2.05, 4.69) is 0 Å². The monoisotopic (exact) mass is 442 g/mol. The van der Waals surface area contributed by atoms with Gasteiger partial charge < -0.3 is 9.64 Å². The minimum absolute atomic E-state index is 0.0162. The van der Waals surface area contributed by atoms with Crippen molar-refractivity contribution in [3.05, 3.63) is 58.9 Å². The molecule has 0 N–H and O–H groups in total.